The van der Waals surface area contributed by atoms with Crippen LogP contribution in [0.5, 0.6) is 0 Å². The molecule has 7 heteroatoms. The van der Waals surface area contributed by atoms with E-state index in [1.807, 2.05) is 24.3 Å². The maximum atomic E-state index is 11.4. The predicted molar refractivity (Wildman–Crippen MR) is 83.3 cm³/mol. The van der Waals surface area contributed by atoms with Crippen LogP contribution < -0.4 is 16.8 Å². The third-order valence-corrected chi connectivity index (χ3v) is 3.30. The Hall–Kier alpha value is -2.93. The first-order valence-electron chi connectivity index (χ1n) is 6.80. The van der Waals surface area contributed by atoms with Crippen molar-refractivity contribution in [2.75, 3.05) is 18.4 Å². The number of amides is 1. The minimum absolute atomic E-state index is 0.318. The fraction of sp³-hybridized carbons (Fsp3) is 0.133. The number of hydrogen-bond acceptors (Lipinski definition) is 5. The molecule has 5 N–H and O–H groups in total. The molecule has 22 heavy (non-hydrogen) atoms. The molecule has 0 aliphatic carbocycles. The van der Waals surface area contributed by atoms with Crippen LogP contribution in [0.3, 0.4) is 0 Å². The molecule has 0 aliphatic heterocycles. The number of nitrogens with one attached hydrogen (secondary N) is 1. The molecule has 0 saturated heterocycles. The molecule has 0 aliphatic rings. The van der Waals surface area contributed by atoms with Gasteiger partial charge in [0.25, 0.3) is 5.91 Å². The molecule has 0 bridgehead atoms. The topological polar surface area (TPSA) is 111 Å². The molecule has 0 unspecified atom stereocenters. The number of hydrogen-bond donors (Lipinski definition) is 3. The molecule has 0 atom stereocenters. The quantitative estimate of drug-likeness (QED) is 0.640. The Bertz CT molecular complexity index is 809. The molecule has 0 spiro atoms. The van der Waals surface area contributed by atoms with Gasteiger partial charge in [0, 0.05) is 24.3 Å². The van der Waals surface area contributed by atoms with Gasteiger partial charge in [0.2, 0.25) is 6.33 Å². The van der Waals surface area contributed by atoms with Gasteiger partial charge in [0.05, 0.1) is 11.3 Å². The van der Waals surface area contributed by atoms with E-state index in [2.05, 4.69) is 21.7 Å². The van der Waals surface area contributed by atoms with Crippen molar-refractivity contribution >= 4 is 17.2 Å². The van der Waals surface area contributed by atoms with Gasteiger partial charge < -0.3 is 16.8 Å². The largest absolute Gasteiger partial charge is 0.384 e. The van der Waals surface area contributed by atoms with Crippen molar-refractivity contribution in [1.82, 2.24) is 14.6 Å². The Balaban J connectivity index is 2.02. The molecule has 2 heterocycles. The summed E-state index contributed by atoms with van der Waals surface area (Å²) in [4.78, 5) is 15.4. The number of pyridine rings is 1. The number of benzene rings is 1. The lowest BCUT2D eigenvalue weighted by Gasteiger charge is -2.08. The van der Waals surface area contributed by atoms with E-state index in [1.54, 1.807) is 16.6 Å². The summed E-state index contributed by atoms with van der Waals surface area (Å²) < 4.78 is 1.56. The number of aromatic nitrogens is 3. The number of carbonyl (C=O) groups excluding carboxylic acids is 1. The van der Waals surface area contributed by atoms with Crippen LogP contribution in [-0.2, 0) is 0 Å². The molecule has 7 nitrogen and oxygen atoms in total. The normalized spacial score (nSPS) is 10.8. The maximum Gasteiger partial charge on any atom is 0.252 e. The molecule has 3 aromatic rings. The van der Waals surface area contributed by atoms with Crippen LogP contribution in [0.15, 0.2) is 36.4 Å². The molecule has 2 aromatic heterocycles. The van der Waals surface area contributed by atoms with E-state index in [-0.39, 0.29) is 0 Å². The molecule has 0 saturated carbocycles. The SMILES string of the molecule is NCCNc1ccc(-c2ccc(C(N)=O)c3n[c]nn23)cc1. The number of anilines is 1. The molecule has 1 aromatic carbocycles. The van der Waals surface area contributed by atoms with Crippen LogP contribution in [0, 0.1) is 6.33 Å². The summed E-state index contributed by atoms with van der Waals surface area (Å²) in [6, 6.07) is 11.3. The first-order valence-corrected chi connectivity index (χ1v) is 6.80. The summed E-state index contributed by atoms with van der Waals surface area (Å²) in [6.45, 7) is 1.29. The lowest BCUT2D eigenvalue weighted by Crippen LogP contribution is -2.13. The van der Waals surface area contributed by atoms with Gasteiger partial charge in [-0.15, -0.1) is 5.10 Å². The Kier molecular flexibility index (Phi) is 3.71. The van der Waals surface area contributed by atoms with Crippen molar-refractivity contribution in [3.63, 3.8) is 0 Å². The van der Waals surface area contributed by atoms with Gasteiger partial charge in [-0.25, -0.2) is 9.50 Å². The standard InChI is InChI=1S/C15H15N6O/c16-7-8-18-11-3-1-10(2-4-11)13-6-5-12(14(17)22)15-19-9-20-21(13)15/h1-6,18H,7-8,16H2,(H2,17,22). The second-order valence-corrected chi connectivity index (χ2v) is 4.74. The van der Waals surface area contributed by atoms with Gasteiger partial charge in [-0.05, 0) is 24.3 Å². The third kappa shape index (κ3) is 2.49. The van der Waals surface area contributed by atoms with Crippen LogP contribution >= 0.6 is 0 Å². The highest BCUT2D eigenvalue weighted by Gasteiger charge is 2.13. The number of primary amides is 1. The summed E-state index contributed by atoms with van der Waals surface area (Å²) in [5.41, 5.74) is 14.3. The van der Waals surface area contributed by atoms with Crippen LogP contribution in [0.4, 0.5) is 5.69 Å². The zero-order chi connectivity index (χ0) is 15.5. The number of carbonyl (C=O) groups is 1. The van der Waals surface area contributed by atoms with E-state index in [4.69, 9.17) is 11.5 Å². The van der Waals surface area contributed by atoms with Crippen LogP contribution in [-0.4, -0.2) is 33.6 Å². The van der Waals surface area contributed by atoms with Gasteiger partial charge in [-0.2, -0.15) is 0 Å². The van der Waals surface area contributed by atoms with E-state index in [1.165, 1.54) is 0 Å². The fourth-order valence-electron chi connectivity index (χ4n) is 2.25. The van der Waals surface area contributed by atoms with Gasteiger partial charge in [0.15, 0.2) is 5.65 Å². The molecule has 1 amide bonds. The molecular formula is C15H15N6O. The highest BCUT2D eigenvalue weighted by molar-refractivity contribution is 5.99. The second-order valence-electron chi connectivity index (χ2n) is 4.74. The number of nitrogens with zero attached hydrogens (tertiary/aromatic N) is 3. The monoisotopic (exact) mass is 295 g/mol. The molecular weight excluding hydrogens is 280 g/mol. The van der Waals surface area contributed by atoms with Gasteiger partial charge >= 0.3 is 0 Å². The predicted octanol–water partition coefficient (Wildman–Crippen LogP) is 0.666. The average molecular weight is 295 g/mol. The first kappa shape index (κ1) is 14.0. The lowest BCUT2D eigenvalue weighted by molar-refractivity contribution is 0.100. The Morgan fingerprint density at radius 1 is 1.23 bits per heavy atom. The van der Waals surface area contributed by atoms with Crippen molar-refractivity contribution in [2.45, 2.75) is 0 Å². The number of nitrogens with two attached hydrogens (primary N) is 2. The number of fused-ring (bicyclic) bond motifs is 1. The third-order valence-electron chi connectivity index (χ3n) is 3.30. The number of rotatable bonds is 5. The van der Waals surface area contributed by atoms with E-state index in [9.17, 15) is 4.79 Å². The molecule has 3 rings (SSSR count). The summed E-state index contributed by atoms with van der Waals surface area (Å²) in [6.07, 6.45) is 2.51. The van der Waals surface area contributed by atoms with Crippen LogP contribution in [0.25, 0.3) is 16.9 Å². The minimum Gasteiger partial charge on any atom is -0.384 e. The highest BCUT2D eigenvalue weighted by atomic mass is 16.1. The summed E-state index contributed by atoms with van der Waals surface area (Å²) in [5.74, 6) is -0.542. The first-order chi connectivity index (χ1) is 10.7. The van der Waals surface area contributed by atoms with E-state index in [0.717, 1.165) is 23.5 Å². The minimum atomic E-state index is -0.542. The van der Waals surface area contributed by atoms with E-state index in [0.29, 0.717) is 17.8 Å². The summed E-state index contributed by atoms with van der Waals surface area (Å²) in [5, 5.41) is 7.25. The fourth-order valence-corrected chi connectivity index (χ4v) is 2.25. The van der Waals surface area contributed by atoms with Gasteiger partial charge in [0.1, 0.15) is 0 Å². The van der Waals surface area contributed by atoms with Crippen molar-refractivity contribution < 1.29 is 4.79 Å². The van der Waals surface area contributed by atoms with Crippen LogP contribution in [0.1, 0.15) is 10.4 Å². The van der Waals surface area contributed by atoms with Crippen molar-refractivity contribution in [2.24, 2.45) is 11.5 Å². The molecule has 0 fully saturated rings. The smallest absolute Gasteiger partial charge is 0.252 e. The maximum absolute atomic E-state index is 11.4. The van der Waals surface area contributed by atoms with Crippen molar-refractivity contribution in [1.29, 1.82) is 0 Å². The highest BCUT2D eigenvalue weighted by Crippen LogP contribution is 2.23. The Labute approximate surface area is 127 Å². The average Bonchev–Trinajstić information content (AvgIpc) is 3.02. The van der Waals surface area contributed by atoms with Crippen molar-refractivity contribution in [3.8, 4) is 11.3 Å². The molecule has 1 radical (unpaired) electrons. The summed E-state index contributed by atoms with van der Waals surface area (Å²) >= 11 is 0. The van der Waals surface area contributed by atoms with Gasteiger partial charge in [-0.3, -0.25) is 4.79 Å². The van der Waals surface area contributed by atoms with Crippen LogP contribution in [0.2, 0.25) is 0 Å². The van der Waals surface area contributed by atoms with Crippen molar-refractivity contribution in [3.05, 3.63) is 48.3 Å². The molecule has 111 valence electrons. The second kappa shape index (κ2) is 5.82. The van der Waals surface area contributed by atoms with Gasteiger partial charge in [-0.1, -0.05) is 12.1 Å². The Morgan fingerprint density at radius 2 is 2.00 bits per heavy atom. The van der Waals surface area contributed by atoms with E-state index >= 15 is 0 Å². The summed E-state index contributed by atoms with van der Waals surface area (Å²) in [7, 11) is 0. The zero-order valence-corrected chi connectivity index (χ0v) is 11.8. The lowest BCUT2D eigenvalue weighted by atomic mass is 10.1. The van der Waals surface area contributed by atoms with E-state index < -0.39 is 5.91 Å². The zero-order valence-electron chi connectivity index (χ0n) is 11.8. The Morgan fingerprint density at radius 3 is 2.68 bits per heavy atom.